The van der Waals surface area contributed by atoms with Gasteiger partial charge in [0.1, 0.15) is 6.61 Å². The number of thiophene rings is 1. The molecule has 0 aliphatic carbocycles. The van der Waals surface area contributed by atoms with Crippen molar-refractivity contribution in [1.82, 2.24) is 10.6 Å². The molecular weight excluding hydrogens is 334 g/mol. The lowest BCUT2D eigenvalue weighted by Gasteiger charge is -2.36. The smallest absolute Gasteiger partial charge is 0.324 e. The molecule has 124 valence electrons. The Balaban J connectivity index is 1.88. The van der Waals surface area contributed by atoms with Crippen molar-refractivity contribution in [2.45, 2.75) is 12.3 Å². The first-order chi connectivity index (χ1) is 11.6. The third-order valence-electron chi connectivity index (χ3n) is 4.33. The van der Waals surface area contributed by atoms with Crippen LogP contribution in [0.15, 0.2) is 34.0 Å². The highest BCUT2D eigenvalue weighted by molar-refractivity contribution is 7.13. The molecule has 1 amide bonds. The summed E-state index contributed by atoms with van der Waals surface area (Å²) in [6.45, 7) is 0.730. The van der Waals surface area contributed by atoms with Gasteiger partial charge in [0.25, 0.3) is 0 Å². The zero-order valence-electron chi connectivity index (χ0n) is 12.5. The number of hydrogen-bond donors (Lipinski definition) is 2. The number of rotatable bonds is 2. The molecule has 1 aromatic heterocycles. The quantitative estimate of drug-likeness (QED) is 0.609. The van der Waals surface area contributed by atoms with E-state index in [1.807, 2.05) is 0 Å². The summed E-state index contributed by atoms with van der Waals surface area (Å²) < 4.78 is 5.29. The fraction of sp³-hybridized carbons (Fsp3) is 0.333. The van der Waals surface area contributed by atoms with E-state index in [1.54, 1.807) is 5.38 Å². The Morgan fingerprint density at radius 1 is 1.25 bits per heavy atom. The molecule has 3 aliphatic heterocycles. The molecule has 24 heavy (non-hydrogen) atoms. The molecule has 2 N–H and O–H groups in total. The SMILES string of the molecule is O=C1COCC2=C1C(c1csc([N+](=O)[O-])c1)C1=C(CCNC1=O)N2. The van der Waals surface area contributed by atoms with E-state index in [0.717, 1.165) is 17.0 Å². The van der Waals surface area contributed by atoms with Crippen LogP contribution >= 0.6 is 11.3 Å². The summed E-state index contributed by atoms with van der Waals surface area (Å²) in [7, 11) is 0. The van der Waals surface area contributed by atoms with Crippen LogP contribution in [0.2, 0.25) is 0 Å². The van der Waals surface area contributed by atoms with Crippen molar-refractivity contribution in [2.24, 2.45) is 0 Å². The summed E-state index contributed by atoms with van der Waals surface area (Å²) in [5, 5.41) is 18.6. The van der Waals surface area contributed by atoms with E-state index in [4.69, 9.17) is 4.74 Å². The van der Waals surface area contributed by atoms with E-state index in [2.05, 4.69) is 10.6 Å². The summed E-state index contributed by atoms with van der Waals surface area (Å²) in [6, 6.07) is 1.44. The molecule has 4 rings (SSSR count). The van der Waals surface area contributed by atoms with Crippen molar-refractivity contribution in [3.05, 3.63) is 49.7 Å². The van der Waals surface area contributed by atoms with Crippen LogP contribution in [0, 0.1) is 10.1 Å². The molecule has 1 unspecified atom stereocenters. The van der Waals surface area contributed by atoms with E-state index in [0.29, 0.717) is 35.4 Å². The minimum atomic E-state index is -0.585. The van der Waals surface area contributed by atoms with Crippen molar-refractivity contribution < 1.29 is 19.2 Å². The predicted molar refractivity (Wildman–Crippen MR) is 84.4 cm³/mol. The first-order valence-electron chi connectivity index (χ1n) is 7.41. The number of nitro groups is 1. The number of carbonyl (C=O) groups is 2. The normalized spacial score (nSPS) is 23.4. The van der Waals surface area contributed by atoms with E-state index in [1.165, 1.54) is 6.07 Å². The highest BCUT2D eigenvalue weighted by Crippen LogP contribution is 2.43. The van der Waals surface area contributed by atoms with Gasteiger partial charge in [-0.05, 0) is 5.56 Å². The van der Waals surface area contributed by atoms with Gasteiger partial charge in [0.05, 0.1) is 11.5 Å². The Hall–Kier alpha value is -2.52. The van der Waals surface area contributed by atoms with Crippen molar-refractivity contribution in [3.8, 4) is 0 Å². The molecule has 0 radical (unpaired) electrons. The third kappa shape index (κ3) is 2.24. The highest BCUT2D eigenvalue weighted by atomic mass is 32.1. The van der Waals surface area contributed by atoms with E-state index in [9.17, 15) is 19.7 Å². The van der Waals surface area contributed by atoms with E-state index < -0.39 is 10.8 Å². The van der Waals surface area contributed by atoms with E-state index >= 15 is 0 Å². The first-order valence-corrected chi connectivity index (χ1v) is 8.29. The maximum atomic E-state index is 12.4. The lowest BCUT2D eigenvalue weighted by molar-refractivity contribution is -0.380. The first kappa shape index (κ1) is 15.0. The summed E-state index contributed by atoms with van der Waals surface area (Å²) in [6.07, 6.45) is 0.620. The molecule has 4 heterocycles. The van der Waals surface area contributed by atoms with Gasteiger partial charge >= 0.3 is 5.00 Å². The van der Waals surface area contributed by atoms with E-state index in [-0.39, 0.29) is 29.9 Å². The van der Waals surface area contributed by atoms with Crippen molar-refractivity contribution in [3.63, 3.8) is 0 Å². The number of ketones is 1. The van der Waals surface area contributed by atoms with Gasteiger partial charge in [0.15, 0.2) is 5.78 Å². The topological polar surface area (TPSA) is 111 Å². The fourth-order valence-electron chi connectivity index (χ4n) is 3.36. The van der Waals surface area contributed by atoms with Crippen LogP contribution in [-0.4, -0.2) is 36.4 Å². The second kappa shape index (κ2) is 5.53. The molecule has 0 bridgehead atoms. The van der Waals surface area contributed by atoms with Crippen LogP contribution in [0.5, 0.6) is 0 Å². The molecule has 0 spiro atoms. The lowest BCUT2D eigenvalue weighted by Crippen LogP contribution is -2.44. The molecule has 1 aromatic rings. The van der Waals surface area contributed by atoms with Gasteiger partial charge in [0.2, 0.25) is 5.91 Å². The largest absolute Gasteiger partial charge is 0.367 e. The maximum Gasteiger partial charge on any atom is 0.324 e. The van der Waals surface area contributed by atoms with Gasteiger partial charge in [-0.25, -0.2) is 0 Å². The zero-order chi connectivity index (χ0) is 16.8. The van der Waals surface area contributed by atoms with Gasteiger partial charge in [-0.2, -0.15) is 0 Å². The van der Waals surface area contributed by atoms with Crippen molar-refractivity contribution >= 4 is 28.0 Å². The Morgan fingerprint density at radius 3 is 2.83 bits per heavy atom. The Kier molecular flexibility index (Phi) is 3.47. The molecule has 3 aliphatic rings. The fourth-order valence-corrected chi connectivity index (χ4v) is 4.11. The minimum Gasteiger partial charge on any atom is -0.367 e. The van der Waals surface area contributed by atoms with Crippen LogP contribution in [0.3, 0.4) is 0 Å². The van der Waals surface area contributed by atoms with Gasteiger partial charge in [-0.15, -0.1) is 0 Å². The molecule has 1 atom stereocenters. The minimum absolute atomic E-state index is 0.0106. The van der Waals surface area contributed by atoms with Gasteiger partial charge in [-0.1, -0.05) is 11.3 Å². The number of amides is 1. The monoisotopic (exact) mass is 347 g/mol. The van der Waals surface area contributed by atoms with Crippen molar-refractivity contribution in [1.29, 1.82) is 0 Å². The van der Waals surface area contributed by atoms with Gasteiger partial charge < -0.3 is 15.4 Å². The standard InChI is InChI=1S/C15H13N3O5S/c19-10-5-23-4-9-13(10)12(7-3-11(18(21)22)24-6-7)14-8(17-9)1-2-16-15(14)20/h3,6,12,17H,1-2,4-5H2,(H,16,20). The highest BCUT2D eigenvalue weighted by Gasteiger charge is 2.41. The Morgan fingerprint density at radius 2 is 2.08 bits per heavy atom. The summed E-state index contributed by atoms with van der Waals surface area (Å²) >= 11 is 0.994. The third-order valence-corrected chi connectivity index (χ3v) is 5.23. The van der Waals surface area contributed by atoms with Crippen LogP contribution in [-0.2, 0) is 14.3 Å². The maximum absolute atomic E-state index is 12.4. The van der Waals surface area contributed by atoms with Gasteiger partial charge in [0, 0.05) is 52.9 Å². The summed E-state index contributed by atoms with van der Waals surface area (Å²) in [4.78, 5) is 35.4. The molecule has 0 fully saturated rings. The lowest BCUT2D eigenvalue weighted by atomic mass is 9.77. The van der Waals surface area contributed by atoms with Crippen LogP contribution in [0.1, 0.15) is 17.9 Å². The second-order valence-corrected chi connectivity index (χ2v) is 6.63. The number of nitrogens with zero attached hydrogens (tertiary/aromatic N) is 1. The number of dihydropyridines is 1. The number of carbonyl (C=O) groups excluding carboxylic acids is 2. The molecule has 0 saturated carbocycles. The molecular formula is C15H13N3O5S. The van der Waals surface area contributed by atoms with Crippen molar-refractivity contribution in [2.75, 3.05) is 19.8 Å². The van der Waals surface area contributed by atoms with Gasteiger partial charge in [-0.3, -0.25) is 19.7 Å². The summed E-state index contributed by atoms with van der Waals surface area (Å²) in [5.41, 5.74) is 2.96. The molecule has 9 heteroatoms. The number of ether oxygens (including phenoxy) is 1. The number of nitrogens with one attached hydrogen (secondary N) is 2. The van der Waals surface area contributed by atoms with Crippen LogP contribution in [0.25, 0.3) is 0 Å². The predicted octanol–water partition coefficient (Wildman–Crippen LogP) is 0.970. The Bertz CT molecular complexity index is 796. The van der Waals surface area contributed by atoms with Crippen LogP contribution in [0.4, 0.5) is 5.00 Å². The summed E-state index contributed by atoms with van der Waals surface area (Å²) in [5.74, 6) is -1.03. The average molecular weight is 347 g/mol. The average Bonchev–Trinajstić information content (AvgIpc) is 3.03. The second-order valence-electron chi connectivity index (χ2n) is 5.74. The number of Topliss-reactive ketones (excluding diaryl/α,β-unsaturated/α-hetero) is 1. The molecule has 0 aromatic carbocycles. The molecule has 8 nitrogen and oxygen atoms in total. The zero-order valence-corrected chi connectivity index (χ0v) is 13.3. The van der Waals surface area contributed by atoms with Crippen LogP contribution < -0.4 is 10.6 Å². The molecule has 0 saturated heterocycles. The number of hydrogen-bond acceptors (Lipinski definition) is 7. The Labute approximate surface area is 140 Å².